The Morgan fingerprint density at radius 1 is 0.210 bits per heavy atom. The number of allylic oxidation sites excluding steroid dienone is 22. The fraction of sp³-hybridized carbons (Fsp3) is 0.600. The van der Waals surface area contributed by atoms with Gasteiger partial charge in [0.2, 0.25) is 0 Å². The summed E-state index contributed by atoms with van der Waals surface area (Å²) in [7, 11) is 0. The number of hydrogen-bond acceptors (Lipinski definition) is 2. The molecule has 62 heavy (non-hydrogen) atoms. The normalized spacial score (nSPS) is 14.5. The van der Waals surface area contributed by atoms with Crippen LogP contribution in [0.25, 0.3) is 0 Å². The first-order valence-electron chi connectivity index (χ1n) is 24.6. The highest BCUT2D eigenvalue weighted by atomic mass is 17.2. The Morgan fingerprint density at radius 3 is 0.565 bits per heavy atom. The van der Waals surface area contributed by atoms with Crippen molar-refractivity contribution in [3.63, 3.8) is 0 Å². The van der Waals surface area contributed by atoms with Gasteiger partial charge in [0.15, 0.2) is 0 Å². The van der Waals surface area contributed by atoms with Crippen molar-refractivity contribution in [1.29, 1.82) is 0 Å². The monoisotopic (exact) mass is 851 g/mol. The lowest BCUT2D eigenvalue weighted by molar-refractivity contribution is -0.281. The molecule has 0 aliphatic heterocycles. The average Bonchev–Trinajstić information content (AvgIpc) is 3.19. The minimum absolute atomic E-state index is 0.517. The smallest absolute Gasteiger partial charge is 0.103 e. The third-order valence-corrected chi connectivity index (χ3v) is 11.3. The topological polar surface area (TPSA) is 18.5 Å². The van der Waals surface area contributed by atoms with Gasteiger partial charge in [0, 0.05) is 0 Å². The van der Waals surface area contributed by atoms with E-state index in [4.69, 9.17) is 9.78 Å². The summed E-state index contributed by atoms with van der Waals surface area (Å²) in [4.78, 5) is 11.1. The fourth-order valence-corrected chi connectivity index (χ4v) is 6.98. The second-order valence-electron chi connectivity index (χ2n) is 19.1. The molecular weight excluding hydrogens is 753 g/mol. The largest absolute Gasteiger partial charge is 0.232 e. The lowest BCUT2D eigenvalue weighted by Crippen LogP contribution is -2.01. The van der Waals surface area contributed by atoms with E-state index in [0.717, 1.165) is 103 Å². The average molecular weight is 851 g/mol. The van der Waals surface area contributed by atoms with E-state index in [1.165, 1.54) is 92.6 Å². The van der Waals surface area contributed by atoms with Crippen molar-refractivity contribution in [1.82, 2.24) is 0 Å². The number of hydrogen-bond donors (Lipinski definition) is 0. The maximum Gasteiger partial charge on any atom is 0.103 e. The van der Waals surface area contributed by atoms with Crippen LogP contribution in [0.4, 0.5) is 0 Å². The quantitative estimate of drug-likeness (QED) is 0.0274. The molecule has 0 saturated heterocycles. The second kappa shape index (κ2) is 39.4. The third kappa shape index (κ3) is 40.8. The molecule has 0 atom stereocenters. The van der Waals surface area contributed by atoms with E-state index in [2.05, 4.69) is 170 Å². The Balaban J connectivity index is 4.19. The van der Waals surface area contributed by atoms with Crippen molar-refractivity contribution in [2.45, 2.75) is 225 Å². The van der Waals surface area contributed by atoms with Crippen molar-refractivity contribution in [3.05, 3.63) is 140 Å². The van der Waals surface area contributed by atoms with Crippen molar-refractivity contribution in [2.75, 3.05) is 13.2 Å². The molecule has 0 aliphatic carbocycles. The maximum absolute atomic E-state index is 5.54. The molecule has 0 aliphatic rings. The molecule has 0 radical (unpaired) electrons. The van der Waals surface area contributed by atoms with Crippen LogP contribution in [0.3, 0.4) is 0 Å². The van der Waals surface area contributed by atoms with Gasteiger partial charge >= 0.3 is 0 Å². The SMILES string of the molecule is CC(C)=CCC/C(C)=C\CC/C(C)=C/CC/C=C(\C)CC/C=C(\C)CC/C=C(\C)COOC/C(C)=C/CC/C(C)=C/CC/C(C)=C/CC/C=C(\C)CC/C=C(\C)CCC=C(C)C. The van der Waals surface area contributed by atoms with Crippen LogP contribution < -0.4 is 0 Å². The van der Waals surface area contributed by atoms with Crippen LogP contribution in [0.1, 0.15) is 225 Å². The number of unbranched alkanes of at least 4 members (excludes halogenated alkanes) is 2. The van der Waals surface area contributed by atoms with Gasteiger partial charge in [-0.15, -0.1) is 0 Å². The van der Waals surface area contributed by atoms with Crippen molar-refractivity contribution >= 4 is 0 Å². The van der Waals surface area contributed by atoms with Gasteiger partial charge in [-0.3, -0.25) is 0 Å². The van der Waals surface area contributed by atoms with E-state index >= 15 is 0 Å². The van der Waals surface area contributed by atoms with Gasteiger partial charge < -0.3 is 0 Å². The van der Waals surface area contributed by atoms with E-state index in [1.807, 2.05) is 0 Å². The lowest BCUT2D eigenvalue weighted by atomic mass is 10.0. The zero-order valence-corrected chi connectivity index (χ0v) is 43.3. The first kappa shape index (κ1) is 58.8. The highest BCUT2D eigenvalue weighted by Crippen LogP contribution is 2.17. The Hall–Kier alpha value is -3.20. The van der Waals surface area contributed by atoms with Crippen LogP contribution in [0, 0.1) is 0 Å². The maximum atomic E-state index is 5.54. The third-order valence-electron chi connectivity index (χ3n) is 11.3. The molecule has 0 aromatic heterocycles. The number of rotatable bonds is 35. The minimum Gasteiger partial charge on any atom is -0.232 e. The van der Waals surface area contributed by atoms with Gasteiger partial charge in [0.1, 0.15) is 13.2 Å². The van der Waals surface area contributed by atoms with E-state index < -0.39 is 0 Å². The summed E-state index contributed by atoms with van der Waals surface area (Å²) in [6.07, 6.45) is 51.4. The van der Waals surface area contributed by atoms with Crippen molar-refractivity contribution in [2.24, 2.45) is 0 Å². The first-order chi connectivity index (χ1) is 29.6. The van der Waals surface area contributed by atoms with E-state index in [0.29, 0.717) is 13.2 Å². The lowest BCUT2D eigenvalue weighted by Gasteiger charge is -2.06. The van der Waals surface area contributed by atoms with Crippen LogP contribution in [0.15, 0.2) is 140 Å². The highest BCUT2D eigenvalue weighted by Gasteiger charge is 1.99. The molecule has 0 heterocycles. The Morgan fingerprint density at radius 2 is 0.371 bits per heavy atom. The van der Waals surface area contributed by atoms with Gasteiger partial charge in [-0.25, -0.2) is 9.78 Å². The molecule has 2 nitrogen and oxygen atoms in total. The standard InChI is InChI=1S/C60H98O2/c1-49(2)27-19-33-55(9)39-21-35-51(5)29-15-17-31-53(7)37-23-41-57(11)43-25-45-59(13)47-61-62-48-60(14)46-26-44-58(12)42-24-38-54(8)32-18-16-30-52(6)36-22-40-56(10)34-20-28-50(3)4/h27-32,39-42,45-46H,15-26,33-38,43-44,47-48H2,1-14H3/b51-29+,52-30+,53-31+,54-32+,55-39-,56-40+,57-41+,58-42+,59-45+,60-46+. The predicted octanol–water partition coefficient (Wildman–Crippen LogP) is 20.1. The van der Waals surface area contributed by atoms with Gasteiger partial charge in [0.05, 0.1) is 0 Å². The molecular formula is C60H98O2. The molecule has 2 heteroatoms. The molecule has 0 fully saturated rings. The minimum atomic E-state index is 0.517. The van der Waals surface area contributed by atoms with Gasteiger partial charge in [-0.05, 0) is 236 Å². The van der Waals surface area contributed by atoms with E-state index in [1.54, 1.807) is 0 Å². The summed E-state index contributed by atoms with van der Waals surface area (Å²) in [5, 5.41) is 0. The summed E-state index contributed by atoms with van der Waals surface area (Å²) in [5.74, 6) is 0. The van der Waals surface area contributed by atoms with Crippen LogP contribution in [-0.4, -0.2) is 13.2 Å². The Kier molecular flexibility index (Phi) is 37.4. The molecule has 0 amide bonds. The van der Waals surface area contributed by atoms with Gasteiger partial charge in [0.25, 0.3) is 0 Å². The van der Waals surface area contributed by atoms with Crippen molar-refractivity contribution in [3.8, 4) is 0 Å². The zero-order chi connectivity index (χ0) is 46.4. The summed E-state index contributed by atoms with van der Waals surface area (Å²) in [5.41, 5.74) is 17.3. The van der Waals surface area contributed by atoms with Crippen molar-refractivity contribution < 1.29 is 9.78 Å². The zero-order valence-electron chi connectivity index (χ0n) is 43.3. The second-order valence-corrected chi connectivity index (χ2v) is 19.1. The van der Waals surface area contributed by atoms with Crippen LogP contribution in [0.2, 0.25) is 0 Å². The fourth-order valence-electron chi connectivity index (χ4n) is 6.98. The molecule has 0 unspecified atom stereocenters. The highest BCUT2D eigenvalue weighted by molar-refractivity contribution is 5.11. The molecule has 0 rings (SSSR count). The van der Waals surface area contributed by atoms with E-state index in [9.17, 15) is 0 Å². The molecule has 0 saturated carbocycles. The van der Waals surface area contributed by atoms with Gasteiger partial charge in [-0.1, -0.05) is 129 Å². The molecule has 0 bridgehead atoms. The van der Waals surface area contributed by atoms with Crippen LogP contribution >= 0.6 is 0 Å². The summed E-state index contributed by atoms with van der Waals surface area (Å²) >= 11 is 0. The Labute approximate surface area is 386 Å². The Bertz CT molecular complexity index is 1470. The summed E-state index contributed by atoms with van der Waals surface area (Å²) in [6.45, 7) is 32.2. The van der Waals surface area contributed by atoms with Crippen LogP contribution in [0.5, 0.6) is 0 Å². The van der Waals surface area contributed by atoms with E-state index in [-0.39, 0.29) is 0 Å². The summed E-state index contributed by atoms with van der Waals surface area (Å²) in [6, 6.07) is 0. The molecule has 0 aromatic carbocycles. The predicted molar refractivity (Wildman–Crippen MR) is 281 cm³/mol. The first-order valence-corrected chi connectivity index (χ1v) is 24.6. The van der Waals surface area contributed by atoms with Gasteiger partial charge in [-0.2, -0.15) is 0 Å². The molecule has 0 spiro atoms. The van der Waals surface area contributed by atoms with Crippen LogP contribution in [-0.2, 0) is 9.78 Å². The summed E-state index contributed by atoms with van der Waals surface area (Å²) < 4.78 is 0. The molecule has 0 N–H and O–H groups in total. The molecule has 0 aromatic rings. The molecule has 350 valence electrons.